The fourth-order valence-corrected chi connectivity index (χ4v) is 19.1. The molecule has 0 fully saturated rings. The summed E-state index contributed by atoms with van der Waals surface area (Å²) in [7, 11) is -21.1. The van der Waals surface area contributed by atoms with Gasteiger partial charge in [-0.25, -0.2) is 51.7 Å². The molecule has 5 aliphatic heterocycles. The van der Waals surface area contributed by atoms with E-state index in [9.17, 15) is 99.9 Å². The zero-order chi connectivity index (χ0) is 79.5. The van der Waals surface area contributed by atoms with Crippen molar-refractivity contribution in [3.8, 4) is 23.0 Å². The van der Waals surface area contributed by atoms with E-state index in [-0.39, 0.29) is 232 Å². The molecule has 0 saturated carbocycles. The first-order valence-corrected chi connectivity index (χ1v) is 42.4. The first-order valence-electron chi connectivity index (χ1n) is 34.5. The molecular weight excluding hydrogens is 1640 g/mol. The third kappa shape index (κ3) is 29.9. The maximum Gasteiger partial charge on any atom is 1.00 e. The van der Waals surface area contributed by atoms with E-state index in [2.05, 4.69) is 22.1 Å². The molecule has 4 unspecified atom stereocenters. The van der Waals surface area contributed by atoms with Gasteiger partial charge in [0.1, 0.15) is 34.8 Å². The van der Waals surface area contributed by atoms with Crippen LogP contribution in [0.1, 0.15) is 179 Å². The smallest absolute Gasteiger partial charge is 0.748 e. The van der Waals surface area contributed by atoms with Crippen molar-refractivity contribution in [3.63, 3.8) is 0 Å². The molecule has 43 heteroatoms. The van der Waals surface area contributed by atoms with Gasteiger partial charge < -0.3 is 67.1 Å². The van der Waals surface area contributed by atoms with E-state index >= 15 is 0 Å². The van der Waals surface area contributed by atoms with Crippen molar-refractivity contribution < 1.29 is 282 Å². The average molecular weight is 1720 g/mol. The van der Waals surface area contributed by atoms with Crippen molar-refractivity contribution in [2.24, 2.45) is 15.2 Å². The number of hydrogen-bond acceptors (Lipinski definition) is 29. The minimum Gasteiger partial charge on any atom is -0.748 e. The number of phenols is 1. The molecule has 0 aromatic heterocycles. The number of hydrogen-bond donors (Lipinski definition) is 2. The van der Waals surface area contributed by atoms with Crippen LogP contribution in [-0.2, 0) is 60.2 Å². The molecule has 0 radical (unpaired) electrons. The molecule has 0 amide bonds. The first kappa shape index (κ1) is 107. The van der Waals surface area contributed by atoms with Gasteiger partial charge in [0.05, 0.1) is 80.8 Å². The summed E-state index contributed by atoms with van der Waals surface area (Å²) in [6.07, 6.45) is 4.06. The Morgan fingerprint density at radius 2 is 1.04 bits per heavy atom. The number of benzene rings is 5. The average Bonchev–Trinajstić information content (AvgIpc) is 0.738. The standard InChI is InChI=1S/C32H43N3O9S2.C22H28N4O9S2.C16H23NO6S.6Na/c1-6-7-10-34-26-14-28-24(12-22(26)20(16-31(34,2)3)18-45(38,39)40)33-25-13-23-21(19-46(41,42)43)17-32(4,5)35(11-8-9-30(36)37)27(23)15-29(25)44-28;1-22(2)13-15(14-37(32,33)34)18-11-19(24-23-16-5-7-17(8-6-16)26(27)28)21(35-3)12-20(18)25(22)9-4-10-36(29,30)31;1-16(2)9-11(10-24(21,22)23)13-6-5-12(18)8-14(13)17(16)7-3-4-15(19)20;;;;;;/h12-15,20-21H,6-11,16-19H2,1-5H3,(H2-,36,37,38,39,40,41,42,43);5-8,11-12,15H,4,9-10,13-14H2,1-3H3,(H,29,30,31)(H,32,33,34);5-6,8,11,18H,3-4,7,9-10H2,1-2H3,(H,19,20)(H,21,22,23);;;;;;/q;;;6*+1/p-5. The largest absolute Gasteiger partial charge is 1.00 e. The van der Waals surface area contributed by atoms with Crippen molar-refractivity contribution in [1.29, 1.82) is 0 Å². The van der Waals surface area contributed by atoms with Gasteiger partial charge in [-0.1, -0.05) is 19.4 Å². The Hall–Kier alpha value is -2.01. The molecule has 4 atom stereocenters. The zero-order valence-corrected chi connectivity index (χ0v) is 83.0. The van der Waals surface area contributed by atoms with Gasteiger partial charge in [-0.2, -0.15) is 5.11 Å². The molecular formula is C70H89N8Na6O24S5+. The van der Waals surface area contributed by atoms with Gasteiger partial charge in [0.15, 0.2) is 17.0 Å². The van der Waals surface area contributed by atoms with Crippen LogP contribution in [0, 0.1) is 10.1 Å². The third-order valence-electron chi connectivity index (χ3n) is 19.8. The molecule has 5 heterocycles. The molecule has 10 rings (SSSR count). The number of unbranched alkanes of at least 4 members (excludes halogenated alkanes) is 1. The molecule has 5 aromatic carbocycles. The van der Waals surface area contributed by atoms with Crippen LogP contribution >= 0.6 is 0 Å². The number of nitro benzene ring substituents is 1. The minimum absolute atomic E-state index is 0. The number of phenolic OH excluding ortho intramolecular Hbond substituents is 1. The van der Waals surface area contributed by atoms with E-state index in [1.54, 1.807) is 36.4 Å². The van der Waals surface area contributed by atoms with Gasteiger partial charge in [-0.15, -0.1) is 5.11 Å². The number of carbonyl (C=O) groups excluding carboxylic acids is 1. The van der Waals surface area contributed by atoms with E-state index in [4.69, 9.17) is 14.5 Å². The summed E-state index contributed by atoms with van der Waals surface area (Å²) >= 11 is 0. The van der Waals surface area contributed by atoms with E-state index in [0.717, 1.165) is 25.1 Å². The summed E-state index contributed by atoms with van der Waals surface area (Å²) < 4.78 is 188. The van der Waals surface area contributed by atoms with Crippen LogP contribution in [-0.4, -0.2) is 176 Å². The van der Waals surface area contributed by atoms with E-state index in [0.29, 0.717) is 112 Å². The normalized spacial score (nSPS) is 18.6. The molecule has 0 saturated heterocycles. The fourth-order valence-electron chi connectivity index (χ4n) is 15.5. The molecule has 0 spiro atoms. The number of methoxy groups -OCH3 is 1. The molecule has 0 aliphatic carbocycles. The topological polar surface area (TPSA) is 495 Å². The number of azo groups is 1. The number of nitro groups is 1. The number of fused-ring (bicyclic) bond motifs is 6. The van der Waals surface area contributed by atoms with Crippen molar-refractivity contribution in [2.45, 2.75) is 179 Å². The fraction of sp³-hybridized carbons (Fsp3) is 0.543. The Kier molecular flexibility index (Phi) is 40.9. The number of aromatic hydroxyl groups is 1. The summed E-state index contributed by atoms with van der Waals surface area (Å²) in [5.74, 6) is -6.01. The SMILES string of the molecule is CC1(C)CC(CS(=O)(=O)[O-])c2ccc(O)cc2N1CCCC(=O)[O-].CCCCN1c2cc3c(cc2C(CS(=O)(=O)[O-])CC1(C)C)N=c1cc2c(cc1O3)=[N+](CCCC(=O)O)C(C)(C)CC2CS(=O)(=O)[O-].COc1cc2c(cc1N=Nc1ccc([N+](=O)[O-])cc1)C(CS(=O)(=O)[O-])CC(C)(C)N2CCCS(=O)(=O)[O-].[Na+].[Na+].[Na+].[Na+].[Na+].[Na+]. The van der Waals surface area contributed by atoms with Crippen LogP contribution in [0.5, 0.6) is 23.0 Å². The number of ether oxygens (including phenoxy) is 2. The second-order valence-electron chi connectivity index (χ2n) is 30.1. The Labute approximate surface area is 793 Å². The molecule has 2 N–H and O–H groups in total. The van der Waals surface area contributed by atoms with Crippen LogP contribution in [0.2, 0.25) is 0 Å². The number of non-ortho nitro benzene ring substituents is 1. The molecule has 5 aliphatic rings. The van der Waals surface area contributed by atoms with Gasteiger partial charge in [-0.05, 0) is 153 Å². The van der Waals surface area contributed by atoms with Crippen molar-refractivity contribution in [3.05, 3.63) is 122 Å². The van der Waals surface area contributed by atoms with Gasteiger partial charge in [0.2, 0.25) is 5.36 Å². The van der Waals surface area contributed by atoms with E-state index < -0.39 is 142 Å². The Morgan fingerprint density at radius 1 is 0.575 bits per heavy atom. The Balaban J connectivity index is 0.000000585. The molecule has 5 aromatic rings. The predicted octanol–water partition coefficient (Wildman–Crippen LogP) is -10.5. The number of anilines is 3. The van der Waals surface area contributed by atoms with Crippen molar-refractivity contribution in [2.75, 3.05) is 76.8 Å². The third-order valence-corrected chi connectivity index (χ3v) is 23.9. The summed E-state index contributed by atoms with van der Waals surface area (Å²) in [5, 5.41) is 49.9. The van der Waals surface area contributed by atoms with Gasteiger partial charge in [0, 0.05) is 160 Å². The van der Waals surface area contributed by atoms with E-state index in [1.807, 2.05) is 75.8 Å². The maximum atomic E-state index is 12.0. The number of carboxylic acids is 2. The monoisotopic (exact) mass is 1720 g/mol. The Morgan fingerprint density at radius 3 is 1.51 bits per heavy atom. The van der Waals surface area contributed by atoms with Crippen LogP contribution in [0.4, 0.5) is 39.8 Å². The minimum atomic E-state index is -4.59. The van der Waals surface area contributed by atoms with Gasteiger partial charge in [0.25, 0.3) is 5.69 Å². The Bertz CT molecular complexity index is 5010. The quantitative estimate of drug-likeness (QED) is 0.0121. The molecule has 32 nitrogen and oxygen atoms in total. The van der Waals surface area contributed by atoms with Crippen molar-refractivity contribution >= 4 is 102 Å². The number of carbonyl (C=O) groups is 2. The van der Waals surface area contributed by atoms with Gasteiger partial charge >= 0.3 is 183 Å². The number of rotatable bonds is 27. The molecule has 113 heavy (non-hydrogen) atoms. The van der Waals surface area contributed by atoms with Crippen LogP contribution in [0.15, 0.2) is 94.1 Å². The molecule has 0 bridgehead atoms. The van der Waals surface area contributed by atoms with E-state index in [1.165, 1.54) is 43.5 Å². The van der Waals surface area contributed by atoms with Crippen LogP contribution in [0.3, 0.4) is 0 Å². The summed E-state index contributed by atoms with van der Waals surface area (Å²) in [5.41, 5.74) is 3.19. The number of aliphatic carboxylic acids is 2. The van der Waals surface area contributed by atoms with Gasteiger partial charge in [-0.3, -0.25) is 14.9 Å². The number of nitrogens with zero attached hydrogens (tertiary/aromatic N) is 8. The first-order chi connectivity index (χ1) is 49.4. The predicted molar refractivity (Wildman–Crippen MR) is 389 cm³/mol. The summed E-state index contributed by atoms with van der Waals surface area (Å²) in [4.78, 5) is 43.1. The van der Waals surface area contributed by atoms with Crippen LogP contribution < -0.4 is 222 Å². The number of carboxylic acid groups (broad SMARTS) is 2. The second-order valence-corrected chi connectivity index (χ2v) is 37.4. The summed E-state index contributed by atoms with van der Waals surface area (Å²) in [6, 6.07) is 20.3. The molecule has 588 valence electrons. The zero-order valence-electron chi connectivity index (χ0n) is 67.0. The second kappa shape index (κ2) is 43.2. The van der Waals surface area contributed by atoms with Crippen LogP contribution in [0.25, 0.3) is 0 Å². The van der Waals surface area contributed by atoms with Crippen molar-refractivity contribution in [1.82, 2.24) is 4.58 Å². The maximum absolute atomic E-state index is 12.0. The summed E-state index contributed by atoms with van der Waals surface area (Å²) in [6.45, 7) is 19.3.